The highest BCUT2D eigenvalue weighted by Gasteiger charge is 2.36. The van der Waals surface area contributed by atoms with Gasteiger partial charge < -0.3 is 4.74 Å². The number of rotatable bonds is 5. The maximum absolute atomic E-state index is 12.8. The molecule has 3 heterocycles. The largest absolute Gasteiger partial charge is 0.451 e. The van der Waals surface area contributed by atoms with Crippen molar-refractivity contribution in [3.05, 3.63) is 24.0 Å². The zero-order valence-electron chi connectivity index (χ0n) is 18.1. The van der Waals surface area contributed by atoms with Crippen molar-refractivity contribution in [2.45, 2.75) is 76.7 Å². The first-order chi connectivity index (χ1) is 14.8. The van der Waals surface area contributed by atoms with Crippen LogP contribution in [-0.4, -0.2) is 61.5 Å². The molecule has 10 heteroatoms. The van der Waals surface area contributed by atoms with Gasteiger partial charge in [0.25, 0.3) is 0 Å². The SMILES string of the molecule is CC[C@H]1CN([C@@H]2CC[C@@H](c3nc(-c4cnc(C(F)(F)F)nc4)nn3C(C)C)C2)CCO1. The van der Waals surface area contributed by atoms with Crippen molar-refractivity contribution in [2.75, 3.05) is 19.7 Å². The Hall–Kier alpha value is -2.07. The second-order valence-corrected chi connectivity index (χ2v) is 8.68. The number of morpholine rings is 1. The molecule has 2 fully saturated rings. The molecule has 7 nitrogen and oxygen atoms in total. The molecule has 3 atom stereocenters. The molecular formula is C21H29F3N6O. The van der Waals surface area contributed by atoms with Gasteiger partial charge in [-0.05, 0) is 39.5 Å². The predicted octanol–water partition coefficient (Wildman–Crippen LogP) is 4.08. The molecule has 170 valence electrons. The van der Waals surface area contributed by atoms with Gasteiger partial charge in [0.15, 0.2) is 5.82 Å². The Morgan fingerprint density at radius 2 is 1.94 bits per heavy atom. The maximum Gasteiger partial charge on any atom is 0.451 e. The molecule has 1 aliphatic heterocycles. The number of alkyl halides is 3. The van der Waals surface area contributed by atoms with E-state index in [-0.39, 0.29) is 12.0 Å². The summed E-state index contributed by atoms with van der Waals surface area (Å²) in [6.45, 7) is 8.93. The highest BCUT2D eigenvalue weighted by atomic mass is 19.4. The first kappa shape index (κ1) is 22.1. The lowest BCUT2D eigenvalue weighted by Crippen LogP contribution is -2.46. The molecule has 0 aromatic carbocycles. The van der Waals surface area contributed by atoms with Crippen molar-refractivity contribution in [3.63, 3.8) is 0 Å². The molecule has 0 spiro atoms. The van der Waals surface area contributed by atoms with Gasteiger partial charge >= 0.3 is 6.18 Å². The van der Waals surface area contributed by atoms with Gasteiger partial charge in [0.2, 0.25) is 5.82 Å². The molecule has 0 N–H and O–H groups in total. The van der Waals surface area contributed by atoms with Crippen LogP contribution in [0.15, 0.2) is 12.4 Å². The third-order valence-corrected chi connectivity index (χ3v) is 6.22. The molecule has 0 amide bonds. The van der Waals surface area contributed by atoms with Crippen LogP contribution in [0.25, 0.3) is 11.4 Å². The Morgan fingerprint density at radius 3 is 2.58 bits per heavy atom. The van der Waals surface area contributed by atoms with Crippen molar-refractivity contribution < 1.29 is 17.9 Å². The molecule has 1 saturated heterocycles. The van der Waals surface area contributed by atoms with Gasteiger partial charge in [0.05, 0.1) is 18.3 Å². The van der Waals surface area contributed by atoms with E-state index >= 15 is 0 Å². The summed E-state index contributed by atoms with van der Waals surface area (Å²) in [4.78, 5) is 14.2. The summed E-state index contributed by atoms with van der Waals surface area (Å²) in [6, 6.07) is 0.594. The molecule has 2 aromatic heterocycles. The minimum atomic E-state index is -4.57. The molecule has 4 rings (SSSR count). The molecule has 0 radical (unpaired) electrons. The quantitative estimate of drug-likeness (QED) is 0.701. The van der Waals surface area contributed by atoms with E-state index in [0.717, 1.165) is 63.6 Å². The lowest BCUT2D eigenvalue weighted by atomic mass is 10.1. The summed E-state index contributed by atoms with van der Waals surface area (Å²) in [7, 11) is 0. The van der Waals surface area contributed by atoms with Crippen molar-refractivity contribution in [3.8, 4) is 11.4 Å². The summed E-state index contributed by atoms with van der Waals surface area (Å²) in [6.07, 6.45) is 2.18. The van der Waals surface area contributed by atoms with E-state index in [2.05, 4.69) is 26.9 Å². The normalized spacial score (nSPS) is 25.5. The van der Waals surface area contributed by atoms with Crippen LogP contribution in [0.3, 0.4) is 0 Å². The molecule has 1 aliphatic carbocycles. The highest BCUT2D eigenvalue weighted by Crippen LogP contribution is 2.38. The highest BCUT2D eigenvalue weighted by molar-refractivity contribution is 5.51. The fourth-order valence-electron chi connectivity index (χ4n) is 4.55. The van der Waals surface area contributed by atoms with E-state index < -0.39 is 12.0 Å². The molecule has 31 heavy (non-hydrogen) atoms. The fourth-order valence-corrected chi connectivity index (χ4v) is 4.55. The Morgan fingerprint density at radius 1 is 1.19 bits per heavy atom. The molecule has 2 aliphatic rings. The summed E-state index contributed by atoms with van der Waals surface area (Å²) in [5.74, 6) is 0.382. The Kier molecular flexibility index (Phi) is 6.30. The Labute approximate surface area is 180 Å². The van der Waals surface area contributed by atoms with Crippen molar-refractivity contribution in [2.24, 2.45) is 0 Å². The van der Waals surface area contributed by atoms with Gasteiger partial charge in [0.1, 0.15) is 5.82 Å². The second-order valence-electron chi connectivity index (χ2n) is 8.68. The number of ether oxygens (including phenoxy) is 1. The minimum absolute atomic E-state index is 0.0959. The number of halogens is 3. The average molecular weight is 438 g/mol. The molecular weight excluding hydrogens is 409 g/mol. The number of aromatic nitrogens is 5. The van der Waals surface area contributed by atoms with Crippen LogP contribution in [0, 0.1) is 0 Å². The second kappa shape index (κ2) is 8.82. The summed E-state index contributed by atoms with van der Waals surface area (Å²) < 4.78 is 46.0. The Balaban J connectivity index is 1.53. The monoisotopic (exact) mass is 438 g/mol. The fraction of sp³-hybridized carbons (Fsp3) is 0.714. The first-order valence-electron chi connectivity index (χ1n) is 11.0. The van der Waals surface area contributed by atoms with Crippen LogP contribution in [0.4, 0.5) is 13.2 Å². The summed E-state index contributed by atoms with van der Waals surface area (Å²) in [5, 5.41) is 4.59. The maximum atomic E-state index is 12.8. The van der Waals surface area contributed by atoms with Crippen LogP contribution >= 0.6 is 0 Å². The smallest absolute Gasteiger partial charge is 0.376 e. The zero-order chi connectivity index (χ0) is 22.2. The van der Waals surface area contributed by atoms with E-state index in [1.165, 1.54) is 0 Å². The topological polar surface area (TPSA) is 69.0 Å². The molecule has 2 aromatic rings. The van der Waals surface area contributed by atoms with Crippen LogP contribution < -0.4 is 0 Å². The van der Waals surface area contributed by atoms with Gasteiger partial charge in [0, 0.05) is 43.5 Å². The van der Waals surface area contributed by atoms with Gasteiger partial charge in [-0.1, -0.05) is 6.92 Å². The van der Waals surface area contributed by atoms with Gasteiger partial charge in [-0.3, -0.25) is 4.90 Å². The summed E-state index contributed by atoms with van der Waals surface area (Å²) >= 11 is 0. The number of hydrogen-bond acceptors (Lipinski definition) is 6. The predicted molar refractivity (Wildman–Crippen MR) is 108 cm³/mol. The van der Waals surface area contributed by atoms with Crippen LogP contribution in [0.5, 0.6) is 0 Å². The third-order valence-electron chi connectivity index (χ3n) is 6.22. The lowest BCUT2D eigenvalue weighted by molar-refractivity contribution is -0.144. The minimum Gasteiger partial charge on any atom is -0.376 e. The number of nitrogens with zero attached hydrogens (tertiary/aromatic N) is 6. The van der Waals surface area contributed by atoms with Crippen molar-refractivity contribution in [1.82, 2.24) is 29.6 Å². The van der Waals surface area contributed by atoms with E-state index in [9.17, 15) is 13.2 Å². The Bertz CT molecular complexity index is 882. The van der Waals surface area contributed by atoms with Gasteiger partial charge in [-0.2, -0.15) is 18.3 Å². The standard InChI is InChI=1S/C21H29F3N6O/c1-4-17-12-29(7-8-31-17)16-6-5-14(9-16)19-27-18(28-30(19)13(2)3)15-10-25-20(26-11-15)21(22,23)24/h10-11,13-14,16-17H,4-9,12H2,1-3H3/t14-,16-,17+/m1/s1. The van der Waals surface area contributed by atoms with E-state index in [0.29, 0.717) is 23.5 Å². The van der Waals surface area contributed by atoms with E-state index in [1.807, 2.05) is 18.5 Å². The van der Waals surface area contributed by atoms with Gasteiger partial charge in [-0.25, -0.2) is 19.6 Å². The number of hydrogen-bond donors (Lipinski definition) is 0. The molecule has 0 bridgehead atoms. The van der Waals surface area contributed by atoms with Crippen LogP contribution in [-0.2, 0) is 10.9 Å². The average Bonchev–Trinajstić information content (AvgIpc) is 3.41. The molecule has 0 unspecified atom stereocenters. The van der Waals surface area contributed by atoms with Crippen LogP contribution in [0.1, 0.15) is 70.1 Å². The van der Waals surface area contributed by atoms with Crippen molar-refractivity contribution in [1.29, 1.82) is 0 Å². The van der Waals surface area contributed by atoms with Crippen molar-refractivity contribution >= 4 is 0 Å². The van der Waals surface area contributed by atoms with Gasteiger partial charge in [-0.15, -0.1) is 0 Å². The van der Waals surface area contributed by atoms with Crippen LogP contribution in [0.2, 0.25) is 0 Å². The first-order valence-corrected chi connectivity index (χ1v) is 11.0. The lowest BCUT2D eigenvalue weighted by Gasteiger charge is -2.36. The summed E-state index contributed by atoms with van der Waals surface area (Å²) in [5.41, 5.74) is 0.391. The third kappa shape index (κ3) is 4.74. The zero-order valence-corrected chi connectivity index (χ0v) is 18.1. The van der Waals surface area contributed by atoms with E-state index in [4.69, 9.17) is 9.72 Å². The van der Waals surface area contributed by atoms with E-state index in [1.54, 1.807) is 0 Å². The molecule has 1 saturated carbocycles.